The fourth-order valence-electron chi connectivity index (χ4n) is 4.11. The van der Waals surface area contributed by atoms with Crippen LogP contribution in [0.1, 0.15) is 40.2 Å². The molecule has 0 saturated carbocycles. The summed E-state index contributed by atoms with van der Waals surface area (Å²) in [5.41, 5.74) is 0.329. The molecule has 3 atom stereocenters. The van der Waals surface area contributed by atoms with E-state index in [0.29, 0.717) is 18.5 Å². The van der Waals surface area contributed by atoms with Crippen molar-refractivity contribution in [3.05, 3.63) is 93.9 Å². The molecule has 0 radical (unpaired) electrons. The van der Waals surface area contributed by atoms with Crippen LogP contribution in [0.2, 0.25) is 0 Å². The Kier molecular flexibility index (Phi) is 5.99. The third-order valence-corrected chi connectivity index (χ3v) is 6.62. The van der Waals surface area contributed by atoms with Crippen LogP contribution < -0.4 is 5.32 Å². The predicted molar refractivity (Wildman–Crippen MR) is 117 cm³/mol. The van der Waals surface area contributed by atoms with Crippen LogP contribution in [0.3, 0.4) is 0 Å². The number of benzene rings is 2. The second-order valence-electron chi connectivity index (χ2n) is 7.97. The third kappa shape index (κ3) is 4.46. The molecule has 6 heteroatoms. The molecule has 1 fully saturated rings. The zero-order valence-electron chi connectivity index (χ0n) is 16.8. The average Bonchev–Trinajstić information content (AvgIpc) is 3.25. The highest BCUT2D eigenvalue weighted by Gasteiger charge is 2.46. The molecular formula is C24H25FN2O2S. The molecular weight excluding hydrogens is 399 g/mol. The molecule has 0 aliphatic carbocycles. The number of carbonyl (C=O) groups is 1. The summed E-state index contributed by atoms with van der Waals surface area (Å²) in [6.07, 6.45) is 0.538. The topological polar surface area (TPSA) is 52.6 Å². The number of hydrogen-bond acceptors (Lipinski definition) is 4. The van der Waals surface area contributed by atoms with Gasteiger partial charge in [0.2, 0.25) is 0 Å². The molecule has 2 aromatic carbocycles. The van der Waals surface area contributed by atoms with E-state index in [1.54, 1.807) is 18.3 Å². The molecule has 2 heterocycles. The molecule has 1 amide bonds. The van der Waals surface area contributed by atoms with Gasteiger partial charge in [-0.3, -0.25) is 9.69 Å². The molecule has 0 spiro atoms. The first-order chi connectivity index (χ1) is 14.4. The Bertz CT molecular complexity index is 974. The lowest BCUT2D eigenvalue weighted by atomic mass is 9.79. The van der Waals surface area contributed by atoms with Crippen molar-refractivity contribution in [3.8, 4) is 0 Å². The smallest absolute Gasteiger partial charge is 0.251 e. The van der Waals surface area contributed by atoms with Gasteiger partial charge in [0.15, 0.2) is 0 Å². The van der Waals surface area contributed by atoms with Crippen LogP contribution in [-0.4, -0.2) is 34.1 Å². The van der Waals surface area contributed by atoms with Gasteiger partial charge in [-0.05, 0) is 54.6 Å². The highest BCUT2D eigenvalue weighted by molar-refractivity contribution is 7.09. The number of halogens is 1. The summed E-state index contributed by atoms with van der Waals surface area (Å²) in [5.74, 6) is -0.709. The zero-order chi connectivity index (χ0) is 21.1. The molecule has 2 N–H and O–H groups in total. The number of likely N-dealkylation sites (tertiary alicyclic amines) is 1. The van der Waals surface area contributed by atoms with Gasteiger partial charge in [0, 0.05) is 23.5 Å². The minimum absolute atomic E-state index is 0.193. The molecule has 3 aromatic rings. The number of piperidine rings is 1. The van der Waals surface area contributed by atoms with E-state index in [1.807, 2.05) is 36.4 Å². The average molecular weight is 425 g/mol. The van der Waals surface area contributed by atoms with Crippen LogP contribution in [0.5, 0.6) is 0 Å². The number of nitrogens with one attached hydrogen (secondary N) is 1. The Hall–Kier alpha value is -2.54. The largest absolute Gasteiger partial charge is 0.388 e. The van der Waals surface area contributed by atoms with Crippen molar-refractivity contribution in [1.82, 2.24) is 10.2 Å². The fraction of sp³-hybridized carbons (Fsp3) is 0.292. The van der Waals surface area contributed by atoms with Gasteiger partial charge in [0.25, 0.3) is 5.91 Å². The molecule has 0 bridgehead atoms. The first kappa shape index (κ1) is 20.7. The molecule has 156 valence electrons. The van der Waals surface area contributed by atoms with Gasteiger partial charge < -0.3 is 10.4 Å². The summed E-state index contributed by atoms with van der Waals surface area (Å²) in [6.45, 7) is 3.24. The molecule has 30 heavy (non-hydrogen) atoms. The van der Waals surface area contributed by atoms with Crippen LogP contribution in [0.25, 0.3) is 0 Å². The van der Waals surface area contributed by atoms with Crippen molar-refractivity contribution < 1.29 is 14.3 Å². The van der Waals surface area contributed by atoms with E-state index < -0.39 is 11.6 Å². The normalized spacial score (nSPS) is 24.5. The molecule has 0 unspecified atom stereocenters. The lowest BCUT2D eigenvalue weighted by molar-refractivity contribution is -0.0662. The van der Waals surface area contributed by atoms with Crippen molar-refractivity contribution in [3.63, 3.8) is 0 Å². The molecule has 1 aliphatic rings. The molecule has 1 aliphatic heterocycles. The Morgan fingerprint density at radius 1 is 1.17 bits per heavy atom. The second-order valence-corrected chi connectivity index (χ2v) is 9.00. The van der Waals surface area contributed by atoms with Crippen LogP contribution in [0.15, 0.2) is 72.1 Å². The highest BCUT2D eigenvalue weighted by atomic mass is 32.1. The summed E-state index contributed by atoms with van der Waals surface area (Å²) < 4.78 is 13.3. The van der Waals surface area contributed by atoms with Gasteiger partial charge in [-0.1, -0.05) is 36.4 Å². The van der Waals surface area contributed by atoms with Crippen molar-refractivity contribution in [2.24, 2.45) is 0 Å². The Morgan fingerprint density at radius 2 is 1.90 bits per heavy atom. The van der Waals surface area contributed by atoms with Gasteiger partial charge in [0.1, 0.15) is 5.82 Å². The number of amides is 1. The van der Waals surface area contributed by atoms with Gasteiger partial charge >= 0.3 is 0 Å². The highest BCUT2D eigenvalue weighted by Crippen LogP contribution is 2.38. The number of rotatable bonds is 5. The van der Waals surface area contributed by atoms with E-state index in [-0.39, 0.29) is 17.8 Å². The Labute approximate surface area is 180 Å². The number of hydrogen-bond donors (Lipinski definition) is 2. The molecule has 4 nitrogen and oxygen atoms in total. The lowest BCUT2D eigenvalue weighted by Crippen LogP contribution is -2.62. The Balaban J connectivity index is 1.67. The fourth-order valence-corrected chi connectivity index (χ4v) is 4.84. The third-order valence-electron chi connectivity index (χ3n) is 5.76. The minimum atomic E-state index is -1.08. The second kappa shape index (κ2) is 8.68. The molecule has 1 saturated heterocycles. The van der Waals surface area contributed by atoms with E-state index in [0.717, 1.165) is 12.1 Å². The van der Waals surface area contributed by atoms with E-state index in [4.69, 9.17) is 0 Å². The number of thiophene rings is 1. The van der Waals surface area contributed by atoms with Crippen molar-refractivity contribution in [2.75, 3.05) is 6.54 Å². The van der Waals surface area contributed by atoms with Gasteiger partial charge in [-0.25, -0.2) is 4.39 Å². The summed E-state index contributed by atoms with van der Waals surface area (Å²) in [5, 5.41) is 16.4. The standard InChI is InChI=1S/C24H25FN2O2S/c1-24(29)13-14-27(16-20-8-5-15-30-20)21(17-6-3-2-4-7-17)22(24)26-23(28)18-9-11-19(25)12-10-18/h2-12,15,21-22,29H,13-14,16H2,1H3,(H,26,28)/t21-,22-,24+/m0/s1. The number of nitrogens with zero attached hydrogens (tertiary/aromatic N) is 1. The van der Waals surface area contributed by atoms with E-state index in [1.165, 1.54) is 29.1 Å². The van der Waals surface area contributed by atoms with E-state index in [9.17, 15) is 14.3 Å². The SMILES string of the molecule is C[C@@]1(O)CCN(Cc2cccs2)[C@@H](c2ccccc2)[C@@H]1NC(=O)c1ccc(F)cc1. The quantitative estimate of drug-likeness (QED) is 0.639. The van der Waals surface area contributed by atoms with Crippen molar-refractivity contribution in [1.29, 1.82) is 0 Å². The number of carbonyl (C=O) groups excluding carboxylic acids is 1. The van der Waals surface area contributed by atoms with Crippen molar-refractivity contribution in [2.45, 2.75) is 37.6 Å². The summed E-state index contributed by atoms with van der Waals surface area (Å²) >= 11 is 1.70. The van der Waals surface area contributed by atoms with Gasteiger partial charge in [-0.2, -0.15) is 0 Å². The van der Waals surface area contributed by atoms with E-state index in [2.05, 4.69) is 21.7 Å². The van der Waals surface area contributed by atoms with Crippen LogP contribution in [-0.2, 0) is 6.54 Å². The Morgan fingerprint density at radius 3 is 2.57 bits per heavy atom. The first-order valence-corrected chi connectivity index (χ1v) is 10.9. The maximum absolute atomic E-state index is 13.3. The monoisotopic (exact) mass is 424 g/mol. The van der Waals surface area contributed by atoms with Gasteiger partial charge in [0.05, 0.1) is 17.7 Å². The van der Waals surface area contributed by atoms with Crippen LogP contribution in [0, 0.1) is 5.82 Å². The van der Waals surface area contributed by atoms with Crippen LogP contribution in [0.4, 0.5) is 4.39 Å². The summed E-state index contributed by atoms with van der Waals surface area (Å²) in [6, 6.07) is 18.9. The van der Waals surface area contributed by atoms with Crippen LogP contribution >= 0.6 is 11.3 Å². The van der Waals surface area contributed by atoms with Gasteiger partial charge in [-0.15, -0.1) is 11.3 Å². The molecule has 4 rings (SSSR count). The summed E-state index contributed by atoms with van der Waals surface area (Å²) in [7, 11) is 0. The van der Waals surface area contributed by atoms with E-state index >= 15 is 0 Å². The first-order valence-electron chi connectivity index (χ1n) is 10.0. The maximum atomic E-state index is 13.3. The minimum Gasteiger partial charge on any atom is -0.388 e. The maximum Gasteiger partial charge on any atom is 0.251 e. The predicted octanol–water partition coefficient (Wildman–Crippen LogP) is 4.38. The summed E-state index contributed by atoms with van der Waals surface area (Å²) in [4.78, 5) is 16.5. The zero-order valence-corrected chi connectivity index (χ0v) is 17.6. The molecule has 1 aromatic heterocycles. The number of aliphatic hydroxyl groups is 1. The van der Waals surface area contributed by atoms with Crippen molar-refractivity contribution >= 4 is 17.2 Å². The lowest BCUT2D eigenvalue weighted by Gasteiger charge is -2.49.